The Balaban J connectivity index is 2.24. The van der Waals surface area contributed by atoms with Crippen LogP contribution in [0.5, 0.6) is 0 Å². The van der Waals surface area contributed by atoms with Gasteiger partial charge in [-0.1, -0.05) is 39.1 Å². The molecule has 0 bridgehead atoms. The molecule has 2 aromatic rings. The number of hydrogen-bond acceptors (Lipinski definition) is 4. The van der Waals surface area contributed by atoms with Crippen molar-refractivity contribution in [2.75, 3.05) is 10.6 Å². The maximum Gasteiger partial charge on any atom is 0.236 e. The Hall–Kier alpha value is -0.140. The van der Waals surface area contributed by atoms with Gasteiger partial charge in [0.15, 0.2) is 5.13 Å². The Morgan fingerprint density at radius 2 is 2.29 bits per heavy atom. The fraction of sp³-hybridized carbons (Fsp3) is 0.111. The van der Waals surface area contributed by atoms with Crippen molar-refractivity contribution in [2.24, 2.45) is 0 Å². The second kappa shape index (κ2) is 5.67. The molecule has 0 spiro atoms. The van der Waals surface area contributed by atoms with Crippen molar-refractivity contribution in [3.8, 4) is 11.3 Å². The van der Waals surface area contributed by atoms with Crippen molar-refractivity contribution in [1.29, 1.82) is 0 Å². The first-order chi connectivity index (χ1) is 8.10. The summed E-state index contributed by atoms with van der Waals surface area (Å²) in [5.41, 5.74) is 1.50. The van der Waals surface area contributed by atoms with E-state index >= 15 is 0 Å². The number of nitrogens with zero attached hydrogens (tertiary/aromatic N) is 1. The van der Waals surface area contributed by atoms with Crippen LogP contribution in [0.4, 0.5) is 5.13 Å². The van der Waals surface area contributed by atoms with Crippen molar-refractivity contribution >= 4 is 72.8 Å². The van der Waals surface area contributed by atoms with Gasteiger partial charge in [0.1, 0.15) is 4.34 Å². The van der Waals surface area contributed by atoms with E-state index in [-0.39, 0.29) is 11.2 Å². The topological polar surface area (TPSA) is 42.0 Å². The monoisotopic (exact) mass is 370 g/mol. The fourth-order valence-corrected chi connectivity index (χ4v) is 3.47. The molecule has 0 saturated heterocycles. The first kappa shape index (κ1) is 13.3. The molecule has 0 atom stereocenters. The molecule has 90 valence electrons. The lowest BCUT2D eigenvalue weighted by molar-refractivity contribution is -0.113. The van der Waals surface area contributed by atoms with E-state index in [0.29, 0.717) is 19.5 Å². The van der Waals surface area contributed by atoms with Crippen LogP contribution in [-0.4, -0.2) is 16.2 Å². The second-order valence-corrected chi connectivity index (χ2v) is 6.66. The second-order valence-electron chi connectivity index (χ2n) is 2.96. The summed E-state index contributed by atoms with van der Waals surface area (Å²) in [6.45, 7) is 0. The lowest BCUT2D eigenvalue weighted by atomic mass is 10.3. The highest BCUT2D eigenvalue weighted by Crippen LogP contribution is 2.38. The smallest absolute Gasteiger partial charge is 0.236 e. The third-order valence-electron chi connectivity index (χ3n) is 1.80. The molecule has 2 rings (SSSR count). The number of rotatable bonds is 3. The van der Waals surface area contributed by atoms with Crippen LogP contribution in [0.1, 0.15) is 0 Å². The molecule has 0 fully saturated rings. The zero-order valence-electron chi connectivity index (χ0n) is 8.17. The summed E-state index contributed by atoms with van der Waals surface area (Å²) >= 11 is 17.6. The van der Waals surface area contributed by atoms with E-state index < -0.39 is 0 Å². The first-order valence-corrected chi connectivity index (χ1v) is 7.94. The van der Waals surface area contributed by atoms with Crippen LogP contribution in [0.25, 0.3) is 11.3 Å². The van der Waals surface area contributed by atoms with Crippen LogP contribution in [0.15, 0.2) is 11.4 Å². The number of thiophene rings is 1. The van der Waals surface area contributed by atoms with Gasteiger partial charge >= 0.3 is 0 Å². The average Bonchev–Trinajstić information content (AvgIpc) is 2.85. The van der Waals surface area contributed by atoms with Gasteiger partial charge in [-0.25, -0.2) is 4.98 Å². The summed E-state index contributed by atoms with van der Waals surface area (Å²) in [5.74, 6) is -0.139. The summed E-state index contributed by atoms with van der Waals surface area (Å²) in [7, 11) is 0. The summed E-state index contributed by atoms with van der Waals surface area (Å²) in [6.07, 6.45) is 0. The van der Waals surface area contributed by atoms with Gasteiger partial charge in [-0.2, -0.15) is 0 Å². The number of carbonyl (C=O) groups excluding carboxylic acids is 1. The largest absolute Gasteiger partial charge is 0.301 e. The van der Waals surface area contributed by atoms with Gasteiger partial charge in [0.05, 0.1) is 15.4 Å². The van der Waals surface area contributed by atoms with E-state index in [0.717, 1.165) is 5.56 Å². The minimum atomic E-state index is -0.139. The Morgan fingerprint density at radius 3 is 2.88 bits per heavy atom. The molecular formula is C9H5BrCl2N2OS2. The number of nitrogens with one attached hydrogen (secondary N) is 1. The summed E-state index contributed by atoms with van der Waals surface area (Å²) in [6, 6.07) is 1.76. The van der Waals surface area contributed by atoms with Gasteiger partial charge in [0, 0.05) is 10.9 Å². The molecule has 3 nitrogen and oxygen atoms in total. The van der Waals surface area contributed by atoms with Crippen molar-refractivity contribution in [1.82, 2.24) is 4.98 Å². The number of halogens is 3. The number of alkyl halides is 1. The molecule has 1 N–H and O–H groups in total. The predicted octanol–water partition coefficient (Wildman–Crippen LogP) is 4.51. The average molecular weight is 372 g/mol. The lowest BCUT2D eigenvalue weighted by Gasteiger charge is -1.95. The van der Waals surface area contributed by atoms with Gasteiger partial charge in [-0.3, -0.25) is 4.79 Å². The van der Waals surface area contributed by atoms with Crippen LogP contribution in [0.3, 0.4) is 0 Å². The number of hydrogen-bond donors (Lipinski definition) is 1. The number of carbonyl (C=O) groups is 1. The normalized spacial score (nSPS) is 10.5. The molecule has 0 aliphatic heterocycles. The van der Waals surface area contributed by atoms with E-state index in [1.54, 1.807) is 6.07 Å². The minimum absolute atomic E-state index is 0.139. The molecule has 8 heteroatoms. The third-order valence-corrected chi connectivity index (χ3v) is 4.56. The SMILES string of the molecule is O=C(CBr)Nc1nc(-c2cc(Cl)sc2Cl)cs1. The van der Waals surface area contributed by atoms with Crippen LogP contribution >= 0.6 is 61.8 Å². The van der Waals surface area contributed by atoms with Gasteiger partial charge in [0.2, 0.25) is 5.91 Å². The zero-order chi connectivity index (χ0) is 12.4. The van der Waals surface area contributed by atoms with Crippen LogP contribution in [0.2, 0.25) is 8.67 Å². The Morgan fingerprint density at radius 1 is 1.53 bits per heavy atom. The zero-order valence-corrected chi connectivity index (χ0v) is 12.9. The van der Waals surface area contributed by atoms with Crippen molar-refractivity contribution < 1.29 is 4.79 Å². The Kier molecular flexibility index (Phi) is 4.43. The molecule has 2 aromatic heterocycles. The number of amides is 1. The third kappa shape index (κ3) is 3.20. The number of anilines is 1. The fourth-order valence-electron chi connectivity index (χ4n) is 1.12. The maximum atomic E-state index is 11.2. The van der Waals surface area contributed by atoms with Crippen LogP contribution < -0.4 is 5.32 Å². The molecule has 0 saturated carbocycles. The van der Waals surface area contributed by atoms with Gasteiger partial charge in [0.25, 0.3) is 0 Å². The molecule has 0 aliphatic rings. The van der Waals surface area contributed by atoms with E-state index in [1.165, 1.54) is 22.7 Å². The molecule has 1 amide bonds. The van der Waals surface area contributed by atoms with Gasteiger partial charge in [-0.15, -0.1) is 22.7 Å². The minimum Gasteiger partial charge on any atom is -0.301 e. The number of thiazole rings is 1. The summed E-state index contributed by atoms with van der Waals surface area (Å²) in [4.78, 5) is 15.4. The van der Waals surface area contributed by atoms with Crippen LogP contribution in [-0.2, 0) is 4.79 Å². The van der Waals surface area contributed by atoms with Crippen molar-refractivity contribution in [3.63, 3.8) is 0 Å². The lowest BCUT2D eigenvalue weighted by Crippen LogP contribution is -2.11. The Bertz CT molecular complexity index is 555. The number of aromatic nitrogens is 1. The Labute approximate surface area is 124 Å². The van der Waals surface area contributed by atoms with Gasteiger partial charge in [-0.05, 0) is 6.07 Å². The molecule has 17 heavy (non-hydrogen) atoms. The summed E-state index contributed by atoms with van der Waals surface area (Å²) < 4.78 is 1.21. The molecular weight excluding hydrogens is 367 g/mol. The molecule has 0 radical (unpaired) electrons. The van der Waals surface area contributed by atoms with E-state index in [4.69, 9.17) is 23.2 Å². The standard InChI is InChI=1S/C9H5BrCl2N2OS2/c10-2-7(15)14-9-13-5(3-16-9)4-1-6(11)17-8(4)12/h1,3H,2H2,(H,13,14,15). The highest BCUT2D eigenvalue weighted by Gasteiger charge is 2.12. The van der Waals surface area contributed by atoms with E-state index in [1.807, 2.05) is 5.38 Å². The molecule has 0 unspecified atom stereocenters. The van der Waals surface area contributed by atoms with Gasteiger partial charge < -0.3 is 5.32 Å². The molecule has 0 aliphatic carbocycles. The first-order valence-electron chi connectivity index (χ1n) is 4.36. The maximum absolute atomic E-state index is 11.2. The molecule has 2 heterocycles. The van der Waals surface area contributed by atoms with Crippen molar-refractivity contribution in [2.45, 2.75) is 0 Å². The molecule has 0 aromatic carbocycles. The van der Waals surface area contributed by atoms with Crippen LogP contribution in [0, 0.1) is 0 Å². The highest BCUT2D eigenvalue weighted by molar-refractivity contribution is 9.09. The predicted molar refractivity (Wildman–Crippen MR) is 77.9 cm³/mol. The highest BCUT2D eigenvalue weighted by atomic mass is 79.9. The van der Waals surface area contributed by atoms with Crippen molar-refractivity contribution in [3.05, 3.63) is 20.1 Å². The quantitative estimate of drug-likeness (QED) is 0.806. The summed E-state index contributed by atoms with van der Waals surface area (Å²) in [5, 5.41) is 5.27. The van der Waals surface area contributed by atoms with E-state index in [2.05, 4.69) is 26.2 Å². The van der Waals surface area contributed by atoms with E-state index in [9.17, 15) is 4.79 Å².